The van der Waals surface area contributed by atoms with Crippen molar-refractivity contribution in [2.24, 2.45) is 0 Å². The van der Waals surface area contributed by atoms with E-state index in [-0.39, 0.29) is 5.91 Å². The first-order valence-corrected chi connectivity index (χ1v) is 8.66. The van der Waals surface area contributed by atoms with Crippen molar-refractivity contribution in [3.05, 3.63) is 65.0 Å². The average Bonchev–Trinajstić information content (AvgIpc) is 2.88. The Kier molecular flexibility index (Phi) is 4.79. The summed E-state index contributed by atoms with van der Waals surface area (Å²) in [6, 6.07) is 14.3. The fourth-order valence-corrected chi connectivity index (χ4v) is 3.32. The molecule has 0 saturated heterocycles. The number of nitrogens with zero attached hydrogens (tertiary/aromatic N) is 2. The first-order valence-electron chi connectivity index (χ1n) is 8.66. The minimum absolute atomic E-state index is 0.0368. The molecule has 1 heterocycles. The maximum absolute atomic E-state index is 12.8. The topological polar surface area (TPSA) is 34.9 Å². The molecule has 3 rings (SSSR count). The third-order valence-electron chi connectivity index (χ3n) is 4.68. The molecule has 0 spiro atoms. The van der Waals surface area contributed by atoms with Crippen molar-refractivity contribution in [1.82, 2.24) is 9.78 Å². The summed E-state index contributed by atoms with van der Waals surface area (Å²) >= 11 is 0. The molecule has 0 unspecified atom stereocenters. The second-order valence-corrected chi connectivity index (χ2v) is 6.37. The molecule has 0 saturated carbocycles. The van der Waals surface area contributed by atoms with Gasteiger partial charge < -0.3 is 0 Å². The third kappa shape index (κ3) is 3.12. The SMILES string of the molecule is CCCCc1c(C)nn(C(=O)Cc2cccc3ccccc23)c1C. The van der Waals surface area contributed by atoms with Gasteiger partial charge in [0.1, 0.15) is 0 Å². The minimum atomic E-state index is 0.0368. The van der Waals surface area contributed by atoms with E-state index in [1.807, 2.05) is 38.1 Å². The zero-order valence-electron chi connectivity index (χ0n) is 14.7. The largest absolute Gasteiger partial charge is 0.272 e. The lowest BCUT2D eigenvalue weighted by molar-refractivity contribution is 0.0896. The number of aryl methyl sites for hydroxylation is 1. The van der Waals surface area contributed by atoms with Gasteiger partial charge >= 0.3 is 0 Å². The molecule has 1 aromatic heterocycles. The Morgan fingerprint density at radius 1 is 1.08 bits per heavy atom. The van der Waals surface area contributed by atoms with Crippen LogP contribution in [-0.2, 0) is 12.8 Å². The summed E-state index contributed by atoms with van der Waals surface area (Å²) in [5.74, 6) is 0.0368. The zero-order valence-corrected chi connectivity index (χ0v) is 14.7. The molecule has 0 aliphatic heterocycles. The molecule has 0 aliphatic rings. The van der Waals surface area contributed by atoms with Crippen molar-refractivity contribution in [1.29, 1.82) is 0 Å². The van der Waals surface area contributed by atoms with Gasteiger partial charge in [0.25, 0.3) is 5.91 Å². The van der Waals surface area contributed by atoms with Crippen LogP contribution in [0.5, 0.6) is 0 Å². The lowest BCUT2D eigenvalue weighted by atomic mass is 10.0. The smallest absolute Gasteiger partial charge is 0.251 e. The van der Waals surface area contributed by atoms with E-state index in [9.17, 15) is 4.79 Å². The van der Waals surface area contributed by atoms with E-state index in [1.165, 1.54) is 10.9 Å². The molecule has 124 valence electrons. The maximum Gasteiger partial charge on any atom is 0.251 e. The van der Waals surface area contributed by atoms with E-state index < -0.39 is 0 Å². The number of hydrogen-bond donors (Lipinski definition) is 0. The standard InChI is InChI=1S/C21H24N2O/c1-4-5-12-19-15(2)22-23(16(19)3)21(24)14-18-11-8-10-17-9-6-7-13-20(17)18/h6-11,13H,4-5,12,14H2,1-3H3. The van der Waals surface area contributed by atoms with E-state index in [4.69, 9.17) is 0 Å². The van der Waals surface area contributed by atoms with Crippen LogP contribution in [0.4, 0.5) is 0 Å². The van der Waals surface area contributed by atoms with Gasteiger partial charge in [0.2, 0.25) is 0 Å². The Morgan fingerprint density at radius 3 is 2.62 bits per heavy atom. The van der Waals surface area contributed by atoms with Crippen LogP contribution >= 0.6 is 0 Å². The van der Waals surface area contributed by atoms with E-state index >= 15 is 0 Å². The van der Waals surface area contributed by atoms with Gasteiger partial charge in [-0.3, -0.25) is 4.79 Å². The summed E-state index contributed by atoms with van der Waals surface area (Å²) in [5, 5.41) is 6.81. The molecule has 3 nitrogen and oxygen atoms in total. The van der Waals surface area contributed by atoms with E-state index in [2.05, 4.69) is 30.2 Å². The number of fused-ring (bicyclic) bond motifs is 1. The summed E-state index contributed by atoms with van der Waals surface area (Å²) < 4.78 is 1.60. The fraction of sp³-hybridized carbons (Fsp3) is 0.333. The maximum atomic E-state index is 12.8. The monoisotopic (exact) mass is 320 g/mol. The molecule has 3 aromatic rings. The first kappa shape index (κ1) is 16.4. The highest BCUT2D eigenvalue weighted by molar-refractivity contribution is 5.91. The number of benzene rings is 2. The number of rotatable bonds is 5. The summed E-state index contributed by atoms with van der Waals surface area (Å²) in [7, 11) is 0. The van der Waals surface area contributed by atoms with E-state index in [0.717, 1.165) is 41.6 Å². The number of aromatic nitrogens is 2. The predicted octanol–water partition coefficient (Wildman–Crippen LogP) is 4.88. The first-order chi connectivity index (χ1) is 11.6. The Labute approximate surface area is 143 Å². The molecule has 0 aliphatic carbocycles. The third-order valence-corrected chi connectivity index (χ3v) is 4.68. The predicted molar refractivity (Wildman–Crippen MR) is 98.6 cm³/mol. The van der Waals surface area contributed by atoms with E-state index in [1.54, 1.807) is 4.68 Å². The molecule has 0 radical (unpaired) electrons. The summed E-state index contributed by atoms with van der Waals surface area (Å²) in [6.07, 6.45) is 3.64. The molecule has 0 amide bonds. The van der Waals surface area contributed by atoms with E-state index in [0.29, 0.717) is 6.42 Å². The molecule has 0 atom stereocenters. The highest BCUT2D eigenvalue weighted by Crippen LogP contribution is 2.21. The number of unbranched alkanes of at least 4 members (excludes halogenated alkanes) is 1. The van der Waals surface area contributed by atoms with Crippen LogP contribution in [0.2, 0.25) is 0 Å². The number of carbonyl (C=O) groups is 1. The van der Waals surface area contributed by atoms with Gasteiger partial charge in [-0.2, -0.15) is 5.10 Å². The molecule has 3 heteroatoms. The van der Waals surface area contributed by atoms with Gasteiger partial charge in [0.15, 0.2) is 0 Å². The zero-order chi connectivity index (χ0) is 17.1. The lowest BCUT2D eigenvalue weighted by Gasteiger charge is -2.07. The van der Waals surface area contributed by atoms with Gasteiger partial charge in [-0.05, 0) is 48.6 Å². The Morgan fingerprint density at radius 2 is 1.83 bits per heavy atom. The second kappa shape index (κ2) is 7.00. The number of carbonyl (C=O) groups excluding carboxylic acids is 1. The fourth-order valence-electron chi connectivity index (χ4n) is 3.32. The average molecular weight is 320 g/mol. The highest BCUT2D eigenvalue weighted by atomic mass is 16.2. The molecular formula is C21H24N2O. The molecule has 24 heavy (non-hydrogen) atoms. The van der Waals surface area contributed by atoms with Gasteiger partial charge in [0, 0.05) is 5.69 Å². The Hall–Kier alpha value is -2.42. The number of hydrogen-bond acceptors (Lipinski definition) is 2. The van der Waals surface area contributed by atoms with Crippen molar-refractivity contribution in [3.8, 4) is 0 Å². The Bertz CT molecular complexity index is 871. The van der Waals surface area contributed by atoms with Crippen molar-refractivity contribution in [3.63, 3.8) is 0 Å². The van der Waals surface area contributed by atoms with Crippen molar-refractivity contribution in [2.45, 2.75) is 46.5 Å². The van der Waals surface area contributed by atoms with Crippen LogP contribution in [0.1, 0.15) is 47.1 Å². The molecule has 0 N–H and O–H groups in total. The van der Waals surface area contributed by atoms with Gasteiger partial charge in [0.05, 0.1) is 12.1 Å². The Balaban J connectivity index is 1.90. The molecule has 0 bridgehead atoms. The summed E-state index contributed by atoms with van der Waals surface area (Å²) in [4.78, 5) is 12.8. The minimum Gasteiger partial charge on any atom is -0.272 e. The van der Waals surface area contributed by atoms with Crippen LogP contribution in [-0.4, -0.2) is 15.7 Å². The molecular weight excluding hydrogens is 296 g/mol. The van der Waals surface area contributed by atoms with Crippen LogP contribution in [0, 0.1) is 13.8 Å². The van der Waals surface area contributed by atoms with Crippen LogP contribution in [0.3, 0.4) is 0 Å². The molecule has 2 aromatic carbocycles. The van der Waals surface area contributed by atoms with Crippen molar-refractivity contribution in [2.75, 3.05) is 0 Å². The van der Waals surface area contributed by atoms with Crippen LogP contribution in [0.15, 0.2) is 42.5 Å². The highest BCUT2D eigenvalue weighted by Gasteiger charge is 2.17. The summed E-state index contributed by atoms with van der Waals surface area (Å²) in [6.45, 7) is 6.19. The lowest BCUT2D eigenvalue weighted by Crippen LogP contribution is -2.17. The second-order valence-electron chi connectivity index (χ2n) is 6.37. The summed E-state index contributed by atoms with van der Waals surface area (Å²) in [5.41, 5.74) is 4.25. The van der Waals surface area contributed by atoms with Crippen LogP contribution < -0.4 is 0 Å². The van der Waals surface area contributed by atoms with Gasteiger partial charge in [-0.1, -0.05) is 55.8 Å². The quantitative estimate of drug-likeness (QED) is 0.671. The van der Waals surface area contributed by atoms with Gasteiger partial charge in [-0.15, -0.1) is 0 Å². The molecule has 0 fully saturated rings. The normalized spacial score (nSPS) is 11.1. The van der Waals surface area contributed by atoms with Crippen LogP contribution in [0.25, 0.3) is 10.8 Å². The van der Waals surface area contributed by atoms with Crippen molar-refractivity contribution < 1.29 is 4.79 Å². The van der Waals surface area contributed by atoms with Gasteiger partial charge in [-0.25, -0.2) is 4.68 Å². The van der Waals surface area contributed by atoms with Crippen molar-refractivity contribution >= 4 is 16.7 Å².